The van der Waals surface area contributed by atoms with Crippen LogP contribution in [0.15, 0.2) is 21.5 Å². The van der Waals surface area contributed by atoms with E-state index in [2.05, 4.69) is 47.8 Å². The Hall–Kier alpha value is 0.740. The molecular formula is C11H7Br3F7OS. The smallest absolute Gasteiger partial charge is 0.486 e. The first-order valence-electron chi connectivity index (χ1n) is 5.59. The van der Waals surface area contributed by atoms with E-state index >= 15 is 0 Å². The zero-order valence-electron chi connectivity index (χ0n) is 10.9. The summed E-state index contributed by atoms with van der Waals surface area (Å²) in [6, 6.07) is 0. The standard InChI is InChI=1S/C11H7Br3F7OS/c1-5(12)8(14)3-6(13)2-7(4-8)23(22)11(20,21)9(15,16)10(17,18)19/h2-5H,1H3. The van der Waals surface area contributed by atoms with E-state index in [1.807, 2.05) is 0 Å². The minimum absolute atomic E-state index is 0.0950. The van der Waals surface area contributed by atoms with Crippen molar-refractivity contribution in [2.45, 2.75) is 33.4 Å². The van der Waals surface area contributed by atoms with Crippen LogP contribution in [-0.4, -0.2) is 31.1 Å². The monoisotopic (exact) mass is 557 g/mol. The second kappa shape index (κ2) is 6.81. The van der Waals surface area contributed by atoms with Gasteiger partial charge in [-0.3, -0.25) is 0 Å². The molecule has 0 bridgehead atoms. The summed E-state index contributed by atoms with van der Waals surface area (Å²) in [6.45, 7) is 1.57. The Bertz CT molecular complexity index is 532. The summed E-state index contributed by atoms with van der Waals surface area (Å²) in [4.78, 5) is -1.34. The van der Waals surface area contributed by atoms with Gasteiger partial charge in [-0.2, -0.15) is 22.0 Å². The molecule has 0 aromatic heterocycles. The van der Waals surface area contributed by atoms with Gasteiger partial charge in [0, 0.05) is 21.8 Å². The van der Waals surface area contributed by atoms with E-state index in [4.69, 9.17) is 0 Å². The Kier molecular flexibility index (Phi) is 6.45. The molecular weight excluding hydrogens is 553 g/mol. The molecule has 0 spiro atoms. The molecule has 0 saturated carbocycles. The highest BCUT2D eigenvalue weighted by atomic mass is 79.9. The summed E-state index contributed by atoms with van der Waals surface area (Å²) in [5.41, 5.74) is 0. The van der Waals surface area contributed by atoms with Gasteiger partial charge in [-0.15, -0.1) is 8.78 Å². The molecule has 0 aliphatic heterocycles. The minimum atomic E-state index is -6.54. The van der Waals surface area contributed by atoms with Gasteiger partial charge in [0.15, 0.2) is 4.91 Å². The lowest BCUT2D eigenvalue weighted by Gasteiger charge is -2.33. The molecule has 0 heterocycles. The molecule has 0 saturated heterocycles. The molecule has 0 fully saturated rings. The lowest BCUT2D eigenvalue weighted by Crippen LogP contribution is -2.56. The first kappa shape index (κ1) is 21.8. The maximum absolute atomic E-state index is 13.6. The van der Waals surface area contributed by atoms with Crippen LogP contribution in [0.25, 0.3) is 0 Å². The van der Waals surface area contributed by atoms with Crippen LogP contribution in [0, 0.1) is 6.42 Å². The minimum Gasteiger partial charge on any atom is -0.607 e. The van der Waals surface area contributed by atoms with Crippen LogP contribution in [0.2, 0.25) is 0 Å². The Balaban J connectivity index is 3.32. The average molecular weight is 560 g/mol. The van der Waals surface area contributed by atoms with Gasteiger partial charge in [0.05, 0.1) is 15.5 Å². The van der Waals surface area contributed by atoms with Gasteiger partial charge in [-0.1, -0.05) is 54.7 Å². The van der Waals surface area contributed by atoms with Crippen molar-refractivity contribution in [1.82, 2.24) is 0 Å². The topological polar surface area (TPSA) is 23.1 Å². The van der Waals surface area contributed by atoms with Crippen LogP contribution in [0.4, 0.5) is 30.7 Å². The highest BCUT2D eigenvalue weighted by Crippen LogP contribution is 2.52. The van der Waals surface area contributed by atoms with Crippen molar-refractivity contribution >= 4 is 59.0 Å². The molecule has 1 aliphatic carbocycles. The molecule has 0 aromatic rings. The van der Waals surface area contributed by atoms with Gasteiger partial charge in [0.25, 0.3) is 0 Å². The summed E-state index contributed by atoms with van der Waals surface area (Å²) in [6.07, 6.45) is -3.41. The number of allylic oxidation sites excluding steroid dienone is 3. The molecule has 1 nitrogen and oxygen atoms in total. The molecule has 133 valence electrons. The van der Waals surface area contributed by atoms with Crippen LogP contribution < -0.4 is 0 Å². The Morgan fingerprint density at radius 2 is 1.65 bits per heavy atom. The van der Waals surface area contributed by atoms with Crippen molar-refractivity contribution in [3.05, 3.63) is 28.0 Å². The van der Waals surface area contributed by atoms with Crippen molar-refractivity contribution < 1.29 is 35.3 Å². The van der Waals surface area contributed by atoms with Gasteiger partial charge in [-0.25, -0.2) is 0 Å². The Morgan fingerprint density at radius 3 is 2.04 bits per heavy atom. The summed E-state index contributed by atoms with van der Waals surface area (Å²) in [5, 5.41) is -5.83. The summed E-state index contributed by atoms with van der Waals surface area (Å²) >= 11 is 5.25. The fourth-order valence-electron chi connectivity index (χ4n) is 1.46. The van der Waals surface area contributed by atoms with Crippen molar-refractivity contribution in [1.29, 1.82) is 0 Å². The van der Waals surface area contributed by atoms with E-state index in [1.165, 1.54) is 6.42 Å². The van der Waals surface area contributed by atoms with E-state index < -0.39 is 42.6 Å². The molecule has 0 N–H and O–H groups in total. The van der Waals surface area contributed by atoms with Crippen molar-refractivity contribution in [3.8, 4) is 0 Å². The molecule has 1 rings (SSSR count). The van der Waals surface area contributed by atoms with Gasteiger partial charge in [0.1, 0.15) is 0 Å². The lowest BCUT2D eigenvalue weighted by molar-refractivity contribution is -0.331. The van der Waals surface area contributed by atoms with E-state index in [-0.39, 0.29) is 4.48 Å². The third kappa shape index (κ3) is 4.12. The van der Waals surface area contributed by atoms with Crippen molar-refractivity contribution in [3.63, 3.8) is 0 Å². The van der Waals surface area contributed by atoms with E-state index in [0.29, 0.717) is 0 Å². The van der Waals surface area contributed by atoms with Gasteiger partial charge in [-0.05, 0) is 6.08 Å². The van der Waals surface area contributed by atoms with Gasteiger partial charge in [0.2, 0.25) is 0 Å². The van der Waals surface area contributed by atoms with Crippen LogP contribution in [-0.2, 0) is 11.2 Å². The highest BCUT2D eigenvalue weighted by molar-refractivity contribution is 9.13. The predicted octanol–water partition coefficient (Wildman–Crippen LogP) is 5.82. The third-order valence-electron chi connectivity index (χ3n) is 2.78. The fourth-order valence-corrected chi connectivity index (χ4v) is 4.63. The quantitative estimate of drug-likeness (QED) is 0.242. The first-order valence-corrected chi connectivity index (χ1v) is 9.24. The molecule has 3 unspecified atom stereocenters. The SMILES string of the molecule is CC(Br)C1(Br)[CH]C(Br)=CC([S+]([O-])C(F)(F)C(F)(F)C(F)(F)F)=C1. The largest absolute Gasteiger partial charge is 0.607 e. The summed E-state index contributed by atoms with van der Waals surface area (Å²) < 4.78 is 100. The zero-order chi connectivity index (χ0) is 18.4. The Labute approximate surface area is 155 Å². The molecule has 1 aliphatic rings. The molecule has 3 atom stereocenters. The maximum atomic E-state index is 13.6. The van der Waals surface area contributed by atoms with Gasteiger partial charge >= 0.3 is 17.4 Å². The fraction of sp³-hybridized carbons (Fsp3) is 0.545. The number of hydrogen-bond donors (Lipinski definition) is 0. The maximum Gasteiger partial charge on any atom is 0.486 e. The van der Waals surface area contributed by atoms with E-state index in [1.54, 1.807) is 6.92 Å². The van der Waals surface area contributed by atoms with Crippen LogP contribution >= 0.6 is 47.8 Å². The molecule has 12 heteroatoms. The van der Waals surface area contributed by atoms with Crippen molar-refractivity contribution in [2.75, 3.05) is 0 Å². The number of hydrogen-bond acceptors (Lipinski definition) is 1. The summed E-state index contributed by atoms with van der Waals surface area (Å²) in [7, 11) is 0. The second-order valence-electron chi connectivity index (χ2n) is 4.52. The summed E-state index contributed by atoms with van der Waals surface area (Å²) in [5.74, 6) is -6.44. The first-order chi connectivity index (χ1) is 10.1. The highest BCUT2D eigenvalue weighted by Gasteiger charge is 2.80. The molecule has 0 aromatic carbocycles. The average Bonchev–Trinajstić information content (AvgIpc) is 2.34. The van der Waals surface area contributed by atoms with Crippen molar-refractivity contribution in [2.24, 2.45) is 0 Å². The third-order valence-corrected chi connectivity index (χ3v) is 7.14. The number of alkyl halides is 9. The van der Waals surface area contributed by atoms with Gasteiger partial charge < -0.3 is 4.55 Å². The second-order valence-corrected chi connectivity index (χ2v) is 9.71. The molecule has 23 heavy (non-hydrogen) atoms. The van der Waals surface area contributed by atoms with E-state index in [9.17, 15) is 35.3 Å². The van der Waals surface area contributed by atoms with Crippen LogP contribution in [0.5, 0.6) is 0 Å². The predicted molar refractivity (Wildman–Crippen MR) is 83.5 cm³/mol. The normalized spacial score (nSPS) is 26.4. The number of halogens is 10. The molecule has 1 radical (unpaired) electrons. The number of rotatable bonds is 4. The Morgan fingerprint density at radius 1 is 1.17 bits per heavy atom. The van der Waals surface area contributed by atoms with E-state index in [0.717, 1.165) is 12.2 Å². The van der Waals surface area contributed by atoms with Crippen LogP contribution in [0.1, 0.15) is 6.92 Å². The zero-order valence-corrected chi connectivity index (χ0v) is 16.5. The van der Waals surface area contributed by atoms with Crippen LogP contribution in [0.3, 0.4) is 0 Å². The molecule has 0 amide bonds. The lowest BCUT2D eigenvalue weighted by atomic mass is 9.98.